The molecule has 1 aromatic carbocycles. The van der Waals surface area contributed by atoms with Crippen LogP contribution in [0.3, 0.4) is 0 Å². The third-order valence-corrected chi connectivity index (χ3v) is 3.07. The lowest BCUT2D eigenvalue weighted by atomic mass is 9.86. The second-order valence-corrected chi connectivity index (χ2v) is 4.56. The largest absolute Gasteiger partial charge is 0.469 e. The Labute approximate surface area is 116 Å². The molecule has 0 spiro atoms. The Kier molecular flexibility index (Phi) is 5.83. The zero-order valence-corrected chi connectivity index (χ0v) is 11.4. The van der Waals surface area contributed by atoms with Gasteiger partial charge in [-0.1, -0.05) is 30.3 Å². The van der Waals surface area contributed by atoms with Crippen LogP contribution in [0.2, 0.25) is 0 Å². The maximum atomic E-state index is 11.4. The molecule has 1 aromatic rings. The van der Waals surface area contributed by atoms with Crippen molar-refractivity contribution in [3.63, 3.8) is 0 Å². The lowest BCUT2D eigenvalue weighted by molar-refractivity contribution is -0.526. The molecular formula is C14H17NO5. The van der Waals surface area contributed by atoms with Crippen LogP contribution < -0.4 is 0 Å². The molecule has 0 aromatic heterocycles. The molecule has 20 heavy (non-hydrogen) atoms. The van der Waals surface area contributed by atoms with E-state index >= 15 is 0 Å². The van der Waals surface area contributed by atoms with E-state index in [1.165, 1.54) is 14.0 Å². The van der Waals surface area contributed by atoms with Gasteiger partial charge in [0.15, 0.2) is 0 Å². The predicted octanol–water partition coefficient (Wildman–Crippen LogP) is 1.96. The van der Waals surface area contributed by atoms with Crippen molar-refractivity contribution in [1.29, 1.82) is 0 Å². The molecule has 0 amide bonds. The first-order valence-electron chi connectivity index (χ1n) is 6.20. The monoisotopic (exact) mass is 279 g/mol. The Morgan fingerprint density at radius 1 is 1.25 bits per heavy atom. The summed E-state index contributed by atoms with van der Waals surface area (Å²) in [6.07, 6.45) is -0.330. The van der Waals surface area contributed by atoms with E-state index in [-0.39, 0.29) is 18.6 Å². The fourth-order valence-electron chi connectivity index (χ4n) is 2.10. The summed E-state index contributed by atoms with van der Waals surface area (Å²) in [7, 11) is 1.18. The van der Waals surface area contributed by atoms with Crippen molar-refractivity contribution in [3.8, 4) is 0 Å². The second kappa shape index (κ2) is 7.37. The number of ether oxygens (including phenoxy) is 1. The number of esters is 1. The van der Waals surface area contributed by atoms with E-state index in [9.17, 15) is 19.7 Å². The van der Waals surface area contributed by atoms with E-state index in [2.05, 4.69) is 4.74 Å². The minimum atomic E-state index is -1.17. The molecule has 0 radical (unpaired) electrons. The van der Waals surface area contributed by atoms with E-state index < -0.39 is 22.9 Å². The SMILES string of the molecule is COC(=O)C[C@@H]([C@H](CC(C)=O)c1ccccc1)[N+](=O)[O-]. The van der Waals surface area contributed by atoms with Crippen molar-refractivity contribution in [2.45, 2.75) is 31.7 Å². The number of benzene rings is 1. The van der Waals surface area contributed by atoms with Crippen LogP contribution in [0, 0.1) is 10.1 Å². The molecule has 0 bridgehead atoms. The number of carbonyl (C=O) groups is 2. The first-order chi connectivity index (χ1) is 9.45. The van der Waals surface area contributed by atoms with E-state index in [1.807, 2.05) is 0 Å². The molecule has 0 aliphatic heterocycles. The van der Waals surface area contributed by atoms with Gasteiger partial charge in [0.2, 0.25) is 6.04 Å². The van der Waals surface area contributed by atoms with Crippen molar-refractivity contribution < 1.29 is 19.2 Å². The zero-order valence-electron chi connectivity index (χ0n) is 11.4. The maximum absolute atomic E-state index is 11.4. The Balaban J connectivity index is 3.08. The number of hydrogen-bond donors (Lipinski definition) is 0. The third-order valence-electron chi connectivity index (χ3n) is 3.07. The van der Waals surface area contributed by atoms with Crippen molar-refractivity contribution >= 4 is 11.8 Å². The van der Waals surface area contributed by atoms with Crippen molar-refractivity contribution in [2.75, 3.05) is 7.11 Å². The Morgan fingerprint density at radius 3 is 2.30 bits per heavy atom. The highest BCUT2D eigenvalue weighted by Crippen LogP contribution is 2.27. The summed E-state index contributed by atoms with van der Waals surface area (Å²) in [6.45, 7) is 1.38. The molecule has 0 N–H and O–H groups in total. The van der Waals surface area contributed by atoms with Gasteiger partial charge in [-0.25, -0.2) is 0 Å². The van der Waals surface area contributed by atoms with Gasteiger partial charge in [-0.05, 0) is 12.5 Å². The van der Waals surface area contributed by atoms with Crippen LogP contribution in [0.15, 0.2) is 30.3 Å². The topological polar surface area (TPSA) is 86.5 Å². The van der Waals surface area contributed by atoms with Gasteiger partial charge < -0.3 is 9.53 Å². The highest BCUT2D eigenvalue weighted by atomic mass is 16.6. The number of methoxy groups -OCH3 is 1. The molecule has 1 rings (SSSR count). The summed E-state index contributed by atoms with van der Waals surface area (Å²) >= 11 is 0. The van der Waals surface area contributed by atoms with Crippen LogP contribution in [0.25, 0.3) is 0 Å². The molecule has 0 fully saturated rings. The van der Waals surface area contributed by atoms with Crippen LogP contribution in [0.5, 0.6) is 0 Å². The fourth-order valence-corrected chi connectivity index (χ4v) is 2.10. The number of Topliss-reactive ketones (excluding diaryl/α,β-unsaturated/α-hetero) is 1. The number of nitro groups is 1. The van der Waals surface area contributed by atoms with Crippen LogP contribution in [-0.4, -0.2) is 29.8 Å². The van der Waals surface area contributed by atoms with Gasteiger partial charge in [0, 0.05) is 11.3 Å². The van der Waals surface area contributed by atoms with Gasteiger partial charge in [-0.2, -0.15) is 0 Å². The van der Waals surface area contributed by atoms with Crippen molar-refractivity contribution in [3.05, 3.63) is 46.0 Å². The van der Waals surface area contributed by atoms with Crippen molar-refractivity contribution in [1.82, 2.24) is 0 Å². The van der Waals surface area contributed by atoms with Gasteiger partial charge in [0.1, 0.15) is 12.2 Å². The lowest BCUT2D eigenvalue weighted by Gasteiger charge is -2.19. The third kappa shape index (κ3) is 4.46. The number of carbonyl (C=O) groups excluding carboxylic acids is 2. The van der Waals surface area contributed by atoms with Gasteiger partial charge in [-0.3, -0.25) is 14.9 Å². The summed E-state index contributed by atoms with van der Waals surface area (Å²) in [5.74, 6) is -1.45. The number of hydrogen-bond acceptors (Lipinski definition) is 5. The minimum absolute atomic E-state index is 0.0205. The average molecular weight is 279 g/mol. The average Bonchev–Trinajstić information content (AvgIpc) is 2.42. The molecule has 6 nitrogen and oxygen atoms in total. The van der Waals surface area contributed by atoms with E-state index in [4.69, 9.17) is 0 Å². The Bertz CT molecular complexity index is 486. The Hall–Kier alpha value is -2.24. The van der Waals surface area contributed by atoms with Gasteiger partial charge in [0.25, 0.3) is 0 Å². The molecule has 0 aliphatic rings. The number of nitrogens with zero attached hydrogens (tertiary/aromatic N) is 1. The summed E-state index contributed by atoms with van der Waals surface area (Å²) in [5.41, 5.74) is 0.674. The molecule has 6 heteroatoms. The quantitative estimate of drug-likeness (QED) is 0.432. The van der Waals surface area contributed by atoms with Crippen LogP contribution >= 0.6 is 0 Å². The summed E-state index contributed by atoms with van der Waals surface area (Å²) in [5, 5.41) is 11.2. The van der Waals surface area contributed by atoms with E-state index in [0.29, 0.717) is 5.56 Å². The standard InChI is InChI=1S/C14H17NO5/c1-10(16)8-12(11-6-4-3-5-7-11)13(15(18)19)9-14(17)20-2/h3-7,12-13H,8-9H2,1-2H3/t12-,13+/m1/s1. The minimum Gasteiger partial charge on any atom is -0.469 e. The molecule has 0 saturated carbocycles. The van der Waals surface area contributed by atoms with Crippen molar-refractivity contribution in [2.24, 2.45) is 0 Å². The van der Waals surface area contributed by atoms with Gasteiger partial charge >= 0.3 is 5.97 Å². The summed E-state index contributed by atoms with van der Waals surface area (Å²) in [6, 6.07) is 7.56. The first-order valence-corrected chi connectivity index (χ1v) is 6.20. The zero-order chi connectivity index (χ0) is 15.1. The smallest absolute Gasteiger partial charge is 0.312 e. The molecular weight excluding hydrogens is 262 g/mol. The summed E-state index contributed by atoms with van der Waals surface area (Å²) < 4.78 is 4.49. The first kappa shape index (κ1) is 15.8. The number of ketones is 1. The Morgan fingerprint density at radius 2 is 1.85 bits per heavy atom. The van der Waals surface area contributed by atoms with Gasteiger partial charge in [-0.15, -0.1) is 0 Å². The molecule has 108 valence electrons. The maximum Gasteiger partial charge on any atom is 0.312 e. The fraction of sp³-hybridized carbons (Fsp3) is 0.429. The van der Waals surface area contributed by atoms with Gasteiger partial charge in [0.05, 0.1) is 13.0 Å². The van der Waals surface area contributed by atoms with Crippen LogP contribution in [-0.2, 0) is 14.3 Å². The highest BCUT2D eigenvalue weighted by molar-refractivity contribution is 5.77. The van der Waals surface area contributed by atoms with Crippen LogP contribution in [0.4, 0.5) is 0 Å². The molecule has 0 heterocycles. The van der Waals surface area contributed by atoms with E-state index in [0.717, 1.165) is 0 Å². The second-order valence-electron chi connectivity index (χ2n) is 4.56. The van der Waals surface area contributed by atoms with E-state index in [1.54, 1.807) is 30.3 Å². The predicted molar refractivity (Wildman–Crippen MR) is 71.9 cm³/mol. The highest BCUT2D eigenvalue weighted by Gasteiger charge is 2.36. The lowest BCUT2D eigenvalue weighted by Crippen LogP contribution is -2.32. The summed E-state index contributed by atoms with van der Waals surface area (Å²) in [4.78, 5) is 33.4. The number of rotatable bonds is 7. The normalized spacial score (nSPS) is 13.3. The molecule has 0 unspecified atom stereocenters. The molecule has 0 saturated heterocycles. The molecule has 0 aliphatic carbocycles. The van der Waals surface area contributed by atoms with Crippen LogP contribution in [0.1, 0.15) is 31.2 Å². The molecule has 2 atom stereocenters.